The molecule has 0 saturated heterocycles. The molecule has 21 heavy (non-hydrogen) atoms. The summed E-state index contributed by atoms with van der Waals surface area (Å²) in [4.78, 5) is 10.5. The van der Waals surface area contributed by atoms with Gasteiger partial charge in [0.25, 0.3) is 5.69 Å². The first-order valence-electron chi connectivity index (χ1n) is 5.65. The highest BCUT2D eigenvalue weighted by Crippen LogP contribution is 2.35. The Kier molecular flexibility index (Phi) is 5.27. The second kappa shape index (κ2) is 6.79. The number of nitro groups is 1. The van der Waals surface area contributed by atoms with Crippen LogP contribution in [0.5, 0.6) is 0 Å². The SMILES string of the molecule is O=[N+]([O-])c1cc(C(=C(Cl)Cl)c2ccc(Cl)cc2)ccc1Br. The molecule has 0 aliphatic carbocycles. The fourth-order valence-corrected chi connectivity index (χ4v) is 2.76. The minimum Gasteiger partial charge on any atom is -0.258 e. The average Bonchev–Trinajstić information content (AvgIpc) is 2.42. The molecule has 0 atom stereocenters. The van der Waals surface area contributed by atoms with Gasteiger partial charge in [0.2, 0.25) is 0 Å². The van der Waals surface area contributed by atoms with Crippen molar-refractivity contribution in [1.29, 1.82) is 0 Å². The standard InChI is InChI=1S/C14H7BrCl3NO2/c15-11-6-3-9(7-12(11)19(20)21)13(14(17)18)8-1-4-10(16)5-2-8/h1-7H. The number of benzene rings is 2. The highest BCUT2D eigenvalue weighted by atomic mass is 79.9. The van der Waals surface area contributed by atoms with E-state index in [1.165, 1.54) is 6.07 Å². The fraction of sp³-hybridized carbons (Fsp3) is 0. The van der Waals surface area contributed by atoms with Crippen molar-refractivity contribution < 1.29 is 4.92 Å². The second-order valence-electron chi connectivity index (χ2n) is 4.07. The maximum absolute atomic E-state index is 11.0. The molecule has 0 spiro atoms. The van der Waals surface area contributed by atoms with Crippen LogP contribution in [0.1, 0.15) is 11.1 Å². The topological polar surface area (TPSA) is 43.1 Å². The van der Waals surface area contributed by atoms with Crippen LogP contribution in [0, 0.1) is 10.1 Å². The first-order valence-corrected chi connectivity index (χ1v) is 7.58. The normalized spacial score (nSPS) is 10.3. The molecule has 0 heterocycles. The molecule has 0 amide bonds. The van der Waals surface area contributed by atoms with Crippen molar-refractivity contribution in [1.82, 2.24) is 0 Å². The molecule has 2 rings (SSSR count). The van der Waals surface area contributed by atoms with Crippen molar-refractivity contribution >= 4 is 62.0 Å². The molecular weight excluding hydrogens is 400 g/mol. The number of nitro benzene ring substituents is 1. The van der Waals surface area contributed by atoms with Crippen molar-refractivity contribution in [3.05, 3.63) is 77.7 Å². The Morgan fingerprint density at radius 1 is 1.05 bits per heavy atom. The highest BCUT2D eigenvalue weighted by molar-refractivity contribution is 9.10. The largest absolute Gasteiger partial charge is 0.284 e. The average molecular weight is 407 g/mol. The summed E-state index contributed by atoms with van der Waals surface area (Å²) in [7, 11) is 0. The lowest BCUT2D eigenvalue weighted by atomic mass is 9.99. The molecule has 0 fully saturated rings. The Morgan fingerprint density at radius 2 is 1.62 bits per heavy atom. The summed E-state index contributed by atoms with van der Waals surface area (Å²) in [6.45, 7) is 0. The highest BCUT2D eigenvalue weighted by Gasteiger charge is 2.17. The molecule has 0 aliphatic heterocycles. The van der Waals surface area contributed by atoms with Gasteiger partial charge in [-0.25, -0.2) is 0 Å². The summed E-state index contributed by atoms with van der Waals surface area (Å²) >= 11 is 20.9. The van der Waals surface area contributed by atoms with Crippen LogP contribution >= 0.6 is 50.7 Å². The summed E-state index contributed by atoms with van der Waals surface area (Å²) in [5.41, 5.74) is 1.71. The van der Waals surface area contributed by atoms with Crippen LogP contribution in [0.15, 0.2) is 51.4 Å². The number of nitrogens with zero attached hydrogens (tertiary/aromatic N) is 1. The Hall–Kier alpha value is -1.07. The Bertz CT molecular complexity index is 725. The lowest BCUT2D eigenvalue weighted by Crippen LogP contribution is -1.94. The third kappa shape index (κ3) is 3.77. The first-order chi connectivity index (χ1) is 9.90. The van der Waals surface area contributed by atoms with Gasteiger partial charge in [0.1, 0.15) is 4.49 Å². The zero-order chi connectivity index (χ0) is 15.6. The van der Waals surface area contributed by atoms with Gasteiger partial charge in [0, 0.05) is 16.7 Å². The minimum absolute atomic E-state index is 0.0222. The molecule has 0 radical (unpaired) electrons. The quantitative estimate of drug-likeness (QED) is 0.449. The first kappa shape index (κ1) is 16.3. The van der Waals surface area contributed by atoms with E-state index >= 15 is 0 Å². The molecule has 7 heteroatoms. The smallest absolute Gasteiger partial charge is 0.258 e. The van der Waals surface area contributed by atoms with Gasteiger partial charge in [-0.15, -0.1) is 0 Å². The molecule has 0 N–H and O–H groups in total. The monoisotopic (exact) mass is 405 g/mol. The van der Waals surface area contributed by atoms with E-state index in [-0.39, 0.29) is 10.2 Å². The Labute approximate surface area is 144 Å². The van der Waals surface area contributed by atoms with E-state index in [4.69, 9.17) is 34.8 Å². The molecular formula is C14H7BrCl3NO2. The molecule has 2 aromatic carbocycles. The second-order valence-corrected chi connectivity index (χ2v) is 6.31. The molecule has 0 aliphatic rings. The molecule has 0 bridgehead atoms. The van der Waals surface area contributed by atoms with Gasteiger partial charge in [-0.2, -0.15) is 0 Å². The maximum Gasteiger partial charge on any atom is 0.284 e. The number of hydrogen-bond acceptors (Lipinski definition) is 2. The summed E-state index contributed by atoms with van der Waals surface area (Å²) in [6, 6.07) is 11.6. The van der Waals surface area contributed by atoms with Crippen LogP contribution < -0.4 is 0 Å². The summed E-state index contributed by atoms with van der Waals surface area (Å²) < 4.78 is 0.409. The fourth-order valence-electron chi connectivity index (χ4n) is 1.81. The van der Waals surface area contributed by atoms with Crippen LogP contribution in [0.2, 0.25) is 5.02 Å². The van der Waals surface area contributed by atoms with E-state index < -0.39 is 4.92 Å². The molecule has 0 aromatic heterocycles. The van der Waals surface area contributed by atoms with E-state index in [1.54, 1.807) is 36.4 Å². The number of rotatable bonds is 3. The van der Waals surface area contributed by atoms with Crippen LogP contribution in [0.3, 0.4) is 0 Å². The molecule has 2 aromatic rings. The van der Waals surface area contributed by atoms with Gasteiger partial charge >= 0.3 is 0 Å². The van der Waals surface area contributed by atoms with Gasteiger partial charge in [0.15, 0.2) is 0 Å². The minimum atomic E-state index is -0.477. The molecule has 3 nitrogen and oxygen atoms in total. The summed E-state index contributed by atoms with van der Waals surface area (Å²) in [5.74, 6) is 0. The maximum atomic E-state index is 11.0. The molecule has 108 valence electrons. The van der Waals surface area contributed by atoms with Crippen LogP contribution in [0.4, 0.5) is 5.69 Å². The van der Waals surface area contributed by atoms with Crippen molar-refractivity contribution in [2.75, 3.05) is 0 Å². The van der Waals surface area contributed by atoms with E-state index in [0.717, 1.165) is 5.56 Å². The predicted molar refractivity (Wildman–Crippen MR) is 90.0 cm³/mol. The zero-order valence-corrected chi connectivity index (χ0v) is 14.2. The predicted octanol–water partition coefficient (Wildman–Crippen LogP) is 6.21. The van der Waals surface area contributed by atoms with Gasteiger partial charge in [-0.05, 0) is 45.3 Å². The summed E-state index contributed by atoms with van der Waals surface area (Å²) in [6.07, 6.45) is 0. The number of halogens is 4. The van der Waals surface area contributed by atoms with Gasteiger partial charge < -0.3 is 0 Å². The van der Waals surface area contributed by atoms with Crippen LogP contribution in [-0.4, -0.2) is 4.92 Å². The van der Waals surface area contributed by atoms with Crippen molar-refractivity contribution in [3.8, 4) is 0 Å². The van der Waals surface area contributed by atoms with E-state index in [2.05, 4.69) is 15.9 Å². The lowest BCUT2D eigenvalue weighted by molar-refractivity contribution is -0.385. The van der Waals surface area contributed by atoms with Gasteiger partial charge in [-0.1, -0.05) is 53.0 Å². The van der Waals surface area contributed by atoms with E-state index in [0.29, 0.717) is 20.6 Å². The van der Waals surface area contributed by atoms with Crippen molar-refractivity contribution in [2.45, 2.75) is 0 Å². The molecule has 0 saturated carbocycles. The Morgan fingerprint density at radius 3 is 2.14 bits per heavy atom. The summed E-state index contributed by atoms with van der Waals surface area (Å²) in [5, 5.41) is 11.6. The lowest BCUT2D eigenvalue weighted by Gasteiger charge is -2.09. The van der Waals surface area contributed by atoms with Gasteiger partial charge in [-0.3, -0.25) is 10.1 Å². The van der Waals surface area contributed by atoms with Crippen molar-refractivity contribution in [3.63, 3.8) is 0 Å². The third-order valence-electron chi connectivity index (χ3n) is 2.75. The zero-order valence-electron chi connectivity index (χ0n) is 10.3. The van der Waals surface area contributed by atoms with Gasteiger partial charge in [0.05, 0.1) is 9.40 Å². The van der Waals surface area contributed by atoms with Crippen LogP contribution in [0.25, 0.3) is 5.57 Å². The van der Waals surface area contributed by atoms with E-state index in [1.807, 2.05) is 0 Å². The van der Waals surface area contributed by atoms with Crippen molar-refractivity contribution in [2.24, 2.45) is 0 Å². The number of hydrogen-bond donors (Lipinski definition) is 0. The molecule has 0 unspecified atom stereocenters. The Balaban J connectivity index is 2.60. The third-order valence-corrected chi connectivity index (χ3v) is 4.05. The van der Waals surface area contributed by atoms with Crippen LogP contribution in [-0.2, 0) is 0 Å². The van der Waals surface area contributed by atoms with E-state index in [9.17, 15) is 10.1 Å².